The van der Waals surface area contributed by atoms with Crippen LogP contribution in [0.2, 0.25) is 5.02 Å². The molecule has 1 aromatic rings. The van der Waals surface area contributed by atoms with Crippen LogP contribution >= 0.6 is 11.6 Å². The summed E-state index contributed by atoms with van der Waals surface area (Å²) in [7, 11) is 0. The van der Waals surface area contributed by atoms with E-state index in [4.69, 9.17) is 21.1 Å². The number of carboxylic acids is 1. The molecule has 0 unspecified atom stereocenters. The molecule has 26 heavy (non-hydrogen) atoms. The Morgan fingerprint density at radius 3 is 2.73 bits per heavy atom. The van der Waals surface area contributed by atoms with E-state index in [1.807, 2.05) is 6.08 Å². The van der Waals surface area contributed by atoms with E-state index in [2.05, 4.69) is 5.32 Å². The first kappa shape index (κ1) is 18.7. The van der Waals surface area contributed by atoms with Crippen molar-refractivity contribution >= 4 is 29.2 Å². The molecule has 1 aliphatic carbocycles. The van der Waals surface area contributed by atoms with Crippen molar-refractivity contribution in [2.75, 3.05) is 18.5 Å². The lowest BCUT2D eigenvalue weighted by atomic mass is 9.82. The smallest absolute Gasteiger partial charge is 0.307 e. The predicted molar refractivity (Wildman–Crippen MR) is 97.5 cm³/mol. The quantitative estimate of drug-likeness (QED) is 0.739. The van der Waals surface area contributed by atoms with Gasteiger partial charge in [0.2, 0.25) is 5.91 Å². The molecule has 3 rings (SSSR count). The molecule has 6 nitrogen and oxygen atoms in total. The van der Waals surface area contributed by atoms with E-state index in [1.165, 1.54) is 0 Å². The van der Waals surface area contributed by atoms with Crippen molar-refractivity contribution in [3.63, 3.8) is 0 Å². The fourth-order valence-corrected chi connectivity index (χ4v) is 3.46. The first-order chi connectivity index (χ1) is 12.5. The number of carboxylic acid groups (broad SMARTS) is 1. The minimum Gasteiger partial charge on any atom is -0.489 e. The van der Waals surface area contributed by atoms with Crippen LogP contribution in [-0.2, 0) is 14.3 Å². The number of aliphatic carboxylic acids is 1. The zero-order valence-electron chi connectivity index (χ0n) is 14.3. The van der Waals surface area contributed by atoms with Gasteiger partial charge in [-0.1, -0.05) is 23.8 Å². The lowest BCUT2D eigenvalue weighted by molar-refractivity contribution is -0.146. The van der Waals surface area contributed by atoms with Gasteiger partial charge in [-0.2, -0.15) is 0 Å². The number of nitrogens with one attached hydrogen (secondary N) is 1. The number of benzene rings is 1. The van der Waals surface area contributed by atoms with E-state index in [9.17, 15) is 14.7 Å². The minimum absolute atomic E-state index is 0.0501. The number of halogens is 1. The maximum Gasteiger partial charge on any atom is 0.307 e. The Hall–Kier alpha value is -2.05. The first-order valence-electron chi connectivity index (χ1n) is 8.77. The molecule has 2 N–H and O–H groups in total. The molecule has 2 aliphatic rings. The Labute approximate surface area is 157 Å². The number of ether oxygens (including phenoxy) is 2. The summed E-state index contributed by atoms with van der Waals surface area (Å²) in [5.41, 5.74) is 0.444. The van der Waals surface area contributed by atoms with E-state index < -0.39 is 17.8 Å². The zero-order valence-corrected chi connectivity index (χ0v) is 15.1. The second-order valence-electron chi connectivity index (χ2n) is 6.57. The van der Waals surface area contributed by atoms with E-state index in [1.54, 1.807) is 24.3 Å². The molecule has 3 atom stereocenters. The van der Waals surface area contributed by atoms with Gasteiger partial charge in [-0.3, -0.25) is 9.59 Å². The van der Waals surface area contributed by atoms with Crippen molar-refractivity contribution in [3.05, 3.63) is 35.4 Å². The summed E-state index contributed by atoms with van der Waals surface area (Å²) >= 11 is 6.06. The van der Waals surface area contributed by atoms with Gasteiger partial charge in [0.15, 0.2) is 0 Å². The Morgan fingerprint density at radius 1 is 1.27 bits per heavy atom. The van der Waals surface area contributed by atoms with Crippen molar-refractivity contribution in [2.45, 2.75) is 31.8 Å². The molecule has 1 amide bonds. The van der Waals surface area contributed by atoms with Crippen molar-refractivity contribution in [3.8, 4) is 5.75 Å². The van der Waals surface area contributed by atoms with Gasteiger partial charge in [0.05, 0.1) is 23.6 Å². The summed E-state index contributed by atoms with van der Waals surface area (Å²) in [5.74, 6) is -2.16. The topological polar surface area (TPSA) is 84.9 Å². The van der Waals surface area contributed by atoms with Gasteiger partial charge in [0, 0.05) is 11.6 Å². The highest BCUT2D eigenvalue weighted by atomic mass is 35.5. The third kappa shape index (κ3) is 4.56. The van der Waals surface area contributed by atoms with Gasteiger partial charge >= 0.3 is 5.97 Å². The van der Waals surface area contributed by atoms with E-state index >= 15 is 0 Å². The van der Waals surface area contributed by atoms with Crippen LogP contribution in [0.1, 0.15) is 25.7 Å². The maximum atomic E-state index is 12.7. The molecule has 1 aliphatic heterocycles. The molecule has 7 heteroatoms. The number of anilines is 1. The molecular weight excluding hydrogens is 358 g/mol. The number of rotatable bonds is 6. The summed E-state index contributed by atoms with van der Waals surface area (Å²) in [4.78, 5) is 24.1. The SMILES string of the molecule is O=C(Nc1cc(Cl)ccc1OC[C@H]1CCCO1)[C@H]1CC=CC[C@H]1C(=O)O. The minimum atomic E-state index is -0.963. The molecule has 1 saturated heterocycles. The van der Waals surface area contributed by atoms with Gasteiger partial charge in [-0.05, 0) is 43.9 Å². The third-order valence-corrected chi connectivity index (χ3v) is 4.97. The van der Waals surface area contributed by atoms with Crippen molar-refractivity contribution < 1.29 is 24.2 Å². The standard InChI is InChI=1S/C19H22ClNO5/c20-12-7-8-17(26-11-13-4-3-9-25-13)16(10-12)21-18(22)14-5-1-2-6-15(14)19(23)24/h1-2,7-8,10,13-15H,3-6,9,11H2,(H,21,22)(H,23,24)/t13-,14+,15-/m1/s1. The van der Waals surface area contributed by atoms with Crippen LogP contribution < -0.4 is 10.1 Å². The molecule has 1 fully saturated rings. The second kappa shape index (κ2) is 8.56. The molecular formula is C19H22ClNO5. The molecule has 1 aromatic carbocycles. The molecule has 1 heterocycles. The molecule has 0 bridgehead atoms. The highest BCUT2D eigenvalue weighted by Crippen LogP contribution is 2.32. The molecule has 0 aromatic heterocycles. The Morgan fingerprint density at radius 2 is 2.04 bits per heavy atom. The zero-order chi connectivity index (χ0) is 18.5. The Balaban J connectivity index is 1.71. The highest BCUT2D eigenvalue weighted by Gasteiger charge is 2.34. The second-order valence-corrected chi connectivity index (χ2v) is 7.01. The number of hydrogen-bond acceptors (Lipinski definition) is 4. The lowest BCUT2D eigenvalue weighted by Crippen LogP contribution is -2.34. The van der Waals surface area contributed by atoms with Crippen molar-refractivity contribution in [1.29, 1.82) is 0 Å². The summed E-state index contributed by atoms with van der Waals surface area (Å²) in [5, 5.41) is 12.6. The monoisotopic (exact) mass is 379 g/mol. The fraction of sp³-hybridized carbons (Fsp3) is 0.474. The maximum absolute atomic E-state index is 12.7. The van der Waals surface area contributed by atoms with E-state index in [0.29, 0.717) is 35.9 Å². The molecule has 0 spiro atoms. The summed E-state index contributed by atoms with van der Waals surface area (Å²) in [6, 6.07) is 4.99. The van der Waals surface area contributed by atoms with Crippen molar-refractivity contribution in [2.24, 2.45) is 11.8 Å². The van der Waals surface area contributed by atoms with Crippen LogP contribution in [0.15, 0.2) is 30.4 Å². The van der Waals surface area contributed by atoms with Crippen LogP contribution in [-0.4, -0.2) is 36.3 Å². The number of hydrogen-bond donors (Lipinski definition) is 2. The van der Waals surface area contributed by atoms with Crippen LogP contribution in [0.25, 0.3) is 0 Å². The van der Waals surface area contributed by atoms with Gasteiger partial charge < -0.3 is 19.9 Å². The normalized spacial score (nSPS) is 25.0. The largest absolute Gasteiger partial charge is 0.489 e. The van der Waals surface area contributed by atoms with Crippen LogP contribution in [0.4, 0.5) is 5.69 Å². The summed E-state index contributed by atoms with van der Waals surface area (Å²) < 4.78 is 11.4. The van der Waals surface area contributed by atoms with Crippen LogP contribution in [0.3, 0.4) is 0 Å². The number of allylic oxidation sites excluding steroid dienone is 2. The average molecular weight is 380 g/mol. The van der Waals surface area contributed by atoms with Gasteiger partial charge in [0.1, 0.15) is 12.4 Å². The molecule has 140 valence electrons. The van der Waals surface area contributed by atoms with Gasteiger partial charge in [0.25, 0.3) is 0 Å². The fourth-order valence-electron chi connectivity index (χ4n) is 3.29. The highest BCUT2D eigenvalue weighted by molar-refractivity contribution is 6.31. The van der Waals surface area contributed by atoms with Gasteiger partial charge in [-0.25, -0.2) is 0 Å². The first-order valence-corrected chi connectivity index (χ1v) is 9.15. The molecule has 0 radical (unpaired) electrons. The summed E-state index contributed by atoms with van der Waals surface area (Å²) in [6.07, 6.45) is 6.41. The van der Waals surface area contributed by atoms with Gasteiger partial charge in [-0.15, -0.1) is 0 Å². The third-order valence-electron chi connectivity index (χ3n) is 4.73. The van der Waals surface area contributed by atoms with E-state index in [-0.39, 0.29) is 12.0 Å². The average Bonchev–Trinajstić information content (AvgIpc) is 3.14. The van der Waals surface area contributed by atoms with Crippen molar-refractivity contribution in [1.82, 2.24) is 0 Å². The van der Waals surface area contributed by atoms with Crippen LogP contribution in [0.5, 0.6) is 5.75 Å². The Bertz CT molecular complexity index is 699. The van der Waals surface area contributed by atoms with Crippen LogP contribution in [0, 0.1) is 11.8 Å². The molecule has 0 saturated carbocycles. The van der Waals surface area contributed by atoms with E-state index in [0.717, 1.165) is 19.4 Å². The summed E-state index contributed by atoms with van der Waals surface area (Å²) in [6.45, 7) is 1.14. The number of carbonyl (C=O) groups excluding carboxylic acids is 1. The lowest BCUT2D eigenvalue weighted by Gasteiger charge is -2.25. The number of carbonyl (C=O) groups is 2. The predicted octanol–water partition coefficient (Wildman–Crippen LogP) is 3.50. The number of amides is 1. The Kier molecular flexibility index (Phi) is 6.16.